The third kappa shape index (κ3) is 3.48. The van der Waals surface area contributed by atoms with E-state index in [1.165, 1.54) is 0 Å². The minimum atomic E-state index is -0.688. The quantitative estimate of drug-likeness (QED) is 0.849. The Morgan fingerprint density at radius 1 is 1.48 bits per heavy atom. The van der Waals surface area contributed by atoms with Crippen LogP contribution in [0.1, 0.15) is 31.6 Å². The molecule has 2 N–H and O–H groups in total. The normalized spacial score (nSPS) is 16.4. The average molecular weight is 307 g/mol. The van der Waals surface area contributed by atoms with Gasteiger partial charge >= 0.3 is 0 Å². The fraction of sp³-hybridized carbons (Fsp3) is 0.500. The van der Waals surface area contributed by atoms with Crippen LogP contribution in [0.5, 0.6) is 0 Å². The van der Waals surface area contributed by atoms with Crippen LogP contribution in [0.15, 0.2) is 21.2 Å². The largest absolute Gasteiger partial charge is 0.421 e. The Labute approximate surface area is 126 Å². The second kappa shape index (κ2) is 5.95. The van der Waals surface area contributed by atoms with Crippen LogP contribution in [0.3, 0.4) is 0 Å². The summed E-state index contributed by atoms with van der Waals surface area (Å²) >= 11 is 1.56. The molecule has 21 heavy (non-hydrogen) atoms. The SMILES string of the molecule is O=C(CCc1nnc(-c2ccsc2)o1)NCC1(O)CCC1. The van der Waals surface area contributed by atoms with Gasteiger partial charge in [-0.2, -0.15) is 11.3 Å². The van der Waals surface area contributed by atoms with E-state index in [4.69, 9.17) is 4.42 Å². The standard InChI is InChI=1S/C14H17N3O3S/c18-11(15-9-14(19)5-1-6-14)2-3-12-16-17-13(20-12)10-4-7-21-8-10/h4,7-8,19H,1-3,5-6,9H2,(H,15,18). The molecule has 1 aliphatic rings. The van der Waals surface area contributed by atoms with Gasteiger partial charge in [-0.1, -0.05) is 0 Å². The summed E-state index contributed by atoms with van der Waals surface area (Å²) in [5.41, 5.74) is 0.210. The lowest BCUT2D eigenvalue weighted by atomic mass is 9.80. The fourth-order valence-corrected chi connectivity index (χ4v) is 2.82. The second-order valence-electron chi connectivity index (χ2n) is 5.37. The van der Waals surface area contributed by atoms with Gasteiger partial charge in [-0.05, 0) is 30.7 Å². The van der Waals surface area contributed by atoms with Crippen molar-refractivity contribution in [3.8, 4) is 11.5 Å². The Balaban J connectivity index is 1.45. The van der Waals surface area contributed by atoms with E-state index in [1.807, 2.05) is 16.8 Å². The Hall–Kier alpha value is -1.73. The van der Waals surface area contributed by atoms with Crippen molar-refractivity contribution < 1.29 is 14.3 Å². The number of aryl methyl sites for hydroxylation is 1. The highest BCUT2D eigenvalue weighted by Gasteiger charge is 2.34. The third-order valence-corrected chi connectivity index (χ3v) is 4.38. The maximum Gasteiger partial charge on any atom is 0.248 e. The first-order chi connectivity index (χ1) is 10.1. The molecule has 7 heteroatoms. The minimum absolute atomic E-state index is 0.106. The van der Waals surface area contributed by atoms with Crippen LogP contribution in [0, 0.1) is 0 Å². The van der Waals surface area contributed by atoms with Crippen LogP contribution in [0.25, 0.3) is 11.5 Å². The lowest BCUT2D eigenvalue weighted by Crippen LogP contribution is -2.47. The number of hydrogen-bond acceptors (Lipinski definition) is 6. The monoisotopic (exact) mass is 307 g/mol. The van der Waals surface area contributed by atoms with Gasteiger partial charge in [0.2, 0.25) is 17.7 Å². The molecular weight excluding hydrogens is 290 g/mol. The van der Waals surface area contributed by atoms with Crippen LogP contribution in [0.4, 0.5) is 0 Å². The van der Waals surface area contributed by atoms with E-state index in [0.717, 1.165) is 24.8 Å². The summed E-state index contributed by atoms with van der Waals surface area (Å²) in [6.07, 6.45) is 3.24. The molecule has 112 valence electrons. The number of aromatic nitrogens is 2. The number of carbonyl (C=O) groups excluding carboxylic acids is 1. The third-order valence-electron chi connectivity index (χ3n) is 3.70. The first kappa shape index (κ1) is 14.2. The molecule has 0 unspecified atom stereocenters. The lowest BCUT2D eigenvalue weighted by molar-refractivity contribution is -0.123. The lowest BCUT2D eigenvalue weighted by Gasteiger charge is -2.36. The highest BCUT2D eigenvalue weighted by molar-refractivity contribution is 7.08. The van der Waals surface area contributed by atoms with Crippen molar-refractivity contribution in [3.63, 3.8) is 0 Å². The highest BCUT2D eigenvalue weighted by Crippen LogP contribution is 2.30. The number of amides is 1. The van der Waals surface area contributed by atoms with E-state index in [1.54, 1.807) is 11.3 Å². The van der Waals surface area contributed by atoms with E-state index >= 15 is 0 Å². The van der Waals surface area contributed by atoms with E-state index in [0.29, 0.717) is 24.7 Å². The molecule has 0 atom stereocenters. The zero-order chi connectivity index (χ0) is 14.7. The van der Waals surface area contributed by atoms with E-state index in [2.05, 4.69) is 15.5 Å². The van der Waals surface area contributed by atoms with Crippen LogP contribution >= 0.6 is 11.3 Å². The molecule has 2 aromatic heterocycles. The molecule has 0 saturated heterocycles. The summed E-state index contributed by atoms with van der Waals surface area (Å²) < 4.78 is 5.51. The maximum atomic E-state index is 11.7. The van der Waals surface area contributed by atoms with Crippen LogP contribution < -0.4 is 5.32 Å². The van der Waals surface area contributed by atoms with Crippen molar-refractivity contribution >= 4 is 17.2 Å². The molecule has 1 fully saturated rings. The van der Waals surface area contributed by atoms with Gasteiger partial charge in [-0.15, -0.1) is 10.2 Å². The highest BCUT2D eigenvalue weighted by atomic mass is 32.1. The molecule has 1 saturated carbocycles. The van der Waals surface area contributed by atoms with Gasteiger partial charge in [0.1, 0.15) is 0 Å². The molecule has 0 radical (unpaired) electrons. The Kier molecular flexibility index (Phi) is 4.03. The number of nitrogens with zero attached hydrogens (tertiary/aromatic N) is 2. The van der Waals surface area contributed by atoms with Gasteiger partial charge in [-0.3, -0.25) is 4.79 Å². The molecule has 0 spiro atoms. The van der Waals surface area contributed by atoms with Gasteiger partial charge in [0.25, 0.3) is 0 Å². The molecule has 3 rings (SSSR count). The minimum Gasteiger partial charge on any atom is -0.421 e. The smallest absolute Gasteiger partial charge is 0.248 e. The Bertz CT molecular complexity index is 605. The molecule has 2 heterocycles. The van der Waals surface area contributed by atoms with E-state index < -0.39 is 5.60 Å². The van der Waals surface area contributed by atoms with Crippen molar-refractivity contribution in [2.75, 3.05) is 6.54 Å². The molecule has 1 aliphatic carbocycles. The van der Waals surface area contributed by atoms with Crippen molar-refractivity contribution in [1.29, 1.82) is 0 Å². The molecule has 0 aliphatic heterocycles. The number of rotatable bonds is 6. The molecule has 0 bridgehead atoms. The number of thiophene rings is 1. The zero-order valence-electron chi connectivity index (χ0n) is 11.5. The van der Waals surface area contributed by atoms with Gasteiger partial charge in [-0.25, -0.2) is 0 Å². The van der Waals surface area contributed by atoms with Crippen molar-refractivity contribution in [2.24, 2.45) is 0 Å². The Morgan fingerprint density at radius 2 is 2.33 bits per heavy atom. The van der Waals surface area contributed by atoms with E-state index in [-0.39, 0.29) is 12.3 Å². The molecule has 2 aromatic rings. The molecule has 0 aromatic carbocycles. The number of carbonyl (C=O) groups is 1. The average Bonchev–Trinajstić information content (AvgIpc) is 3.10. The topological polar surface area (TPSA) is 88.2 Å². The van der Waals surface area contributed by atoms with E-state index in [9.17, 15) is 9.90 Å². The van der Waals surface area contributed by atoms with Gasteiger partial charge in [0.05, 0.1) is 5.60 Å². The predicted octanol–water partition coefficient (Wildman–Crippen LogP) is 1.76. The van der Waals surface area contributed by atoms with Gasteiger partial charge in [0, 0.05) is 30.3 Å². The number of aliphatic hydroxyl groups is 1. The summed E-state index contributed by atoms with van der Waals surface area (Å²) in [4.78, 5) is 11.7. The summed E-state index contributed by atoms with van der Waals surface area (Å²) in [6.45, 7) is 0.329. The summed E-state index contributed by atoms with van der Waals surface area (Å²) in [7, 11) is 0. The van der Waals surface area contributed by atoms with Crippen molar-refractivity contribution in [3.05, 3.63) is 22.7 Å². The van der Waals surface area contributed by atoms with Crippen molar-refractivity contribution in [1.82, 2.24) is 15.5 Å². The fourth-order valence-electron chi connectivity index (χ4n) is 2.19. The summed E-state index contributed by atoms with van der Waals surface area (Å²) in [5, 5.41) is 24.4. The molecule has 6 nitrogen and oxygen atoms in total. The summed E-state index contributed by atoms with van der Waals surface area (Å²) in [5.74, 6) is 0.828. The van der Waals surface area contributed by atoms with Crippen LogP contribution in [-0.2, 0) is 11.2 Å². The zero-order valence-corrected chi connectivity index (χ0v) is 12.4. The Morgan fingerprint density at radius 3 is 3.00 bits per heavy atom. The molecule has 1 amide bonds. The summed E-state index contributed by atoms with van der Waals surface area (Å²) in [6, 6.07) is 1.91. The van der Waals surface area contributed by atoms with Crippen LogP contribution in [0.2, 0.25) is 0 Å². The number of nitrogens with one attached hydrogen (secondary N) is 1. The van der Waals surface area contributed by atoms with Crippen molar-refractivity contribution in [2.45, 2.75) is 37.7 Å². The molecular formula is C14H17N3O3S. The number of hydrogen-bond donors (Lipinski definition) is 2. The predicted molar refractivity (Wildman–Crippen MR) is 77.7 cm³/mol. The second-order valence-corrected chi connectivity index (χ2v) is 6.15. The first-order valence-electron chi connectivity index (χ1n) is 6.99. The van der Waals surface area contributed by atoms with Gasteiger partial charge in [0.15, 0.2) is 0 Å². The maximum absolute atomic E-state index is 11.7. The van der Waals surface area contributed by atoms with Gasteiger partial charge < -0.3 is 14.8 Å². The van der Waals surface area contributed by atoms with Crippen LogP contribution in [-0.4, -0.2) is 33.4 Å². The first-order valence-corrected chi connectivity index (χ1v) is 7.93.